The molecule has 1 aliphatic carbocycles. The van der Waals surface area contributed by atoms with Gasteiger partial charge in [0.25, 0.3) is 0 Å². The third-order valence-corrected chi connectivity index (χ3v) is 6.94. The van der Waals surface area contributed by atoms with E-state index in [4.69, 9.17) is 5.14 Å². The van der Waals surface area contributed by atoms with Crippen molar-refractivity contribution >= 4 is 38.7 Å². The van der Waals surface area contributed by atoms with Crippen LogP contribution in [0.3, 0.4) is 0 Å². The summed E-state index contributed by atoms with van der Waals surface area (Å²) >= 11 is 1.39. The minimum atomic E-state index is -3.78. The van der Waals surface area contributed by atoms with Crippen LogP contribution < -0.4 is 10.5 Å². The zero-order valence-electron chi connectivity index (χ0n) is 16.2. The number of aromatic nitrogens is 2. The smallest absolute Gasteiger partial charge is 0.238 e. The predicted octanol–water partition coefficient (Wildman–Crippen LogP) is 3.02. The van der Waals surface area contributed by atoms with Gasteiger partial charge in [0.1, 0.15) is 0 Å². The molecule has 0 spiro atoms. The molecule has 0 atom stereocenters. The number of nitrogens with one attached hydrogen (secondary N) is 1. The van der Waals surface area contributed by atoms with E-state index < -0.39 is 10.0 Å². The lowest BCUT2D eigenvalue weighted by Gasteiger charge is -2.22. The third-order valence-electron chi connectivity index (χ3n) is 5.05. The summed E-state index contributed by atoms with van der Waals surface area (Å²) in [4.78, 5) is 17.0. The molecule has 28 heavy (non-hydrogen) atoms. The Morgan fingerprint density at radius 2 is 2.07 bits per heavy atom. The highest BCUT2D eigenvalue weighted by Gasteiger charge is 2.18. The normalized spacial score (nSPS) is 15.8. The molecular formula is C19H28N4O3S2. The Morgan fingerprint density at radius 1 is 1.32 bits per heavy atom. The van der Waals surface area contributed by atoms with Crippen molar-refractivity contribution in [3.05, 3.63) is 18.2 Å². The zero-order valence-corrected chi connectivity index (χ0v) is 17.8. The van der Waals surface area contributed by atoms with E-state index in [9.17, 15) is 13.2 Å². The van der Waals surface area contributed by atoms with Crippen LogP contribution in [-0.2, 0) is 21.4 Å². The van der Waals surface area contributed by atoms with E-state index in [-0.39, 0.29) is 16.8 Å². The largest absolute Gasteiger partial charge is 0.353 e. The molecule has 1 aliphatic rings. The van der Waals surface area contributed by atoms with Gasteiger partial charge in [-0.1, -0.05) is 44.4 Å². The number of hydrogen-bond acceptors (Lipinski definition) is 5. The fourth-order valence-corrected chi connectivity index (χ4v) is 4.94. The molecule has 1 heterocycles. The lowest BCUT2D eigenvalue weighted by Crippen LogP contribution is -2.37. The van der Waals surface area contributed by atoms with Crippen molar-refractivity contribution in [1.29, 1.82) is 0 Å². The van der Waals surface area contributed by atoms with E-state index >= 15 is 0 Å². The number of fused-ring (bicyclic) bond motifs is 1. The summed E-state index contributed by atoms with van der Waals surface area (Å²) < 4.78 is 25.3. The van der Waals surface area contributed by atoms with Crippen LogP contribution in [0.25, 0.3) is 11.0 Å². The highest BCUT2D eigenvalue weighted by molar-refractivity contribution is 7.99. The summed E-state index contributed by atoms with van der Waals surface area (Å²) in [6.07, 6.45) is 7.73. The first-order chi connectivity index (χ1) is 13.4. The molecule has 1 aromatic heterocycles. The number of nitrogens with two attached hydrogens (primary N) is 1. The number of sulfonamides is 1. The number of imidazole rings is 1. The molecule has 7 nitrogen and oxygen atoms in total. The molecule has 1 amide bonds. The molecule has 0 bridgehead atoms. The van der Waals surface area contributed by atoms with E-state index in [0.29, 0.717) is 11.3 Å². The van der Waals surface area contributed by atoms with Gasteiger partial charge >= 0.3 is 0 Å². The maximum Gasteiger partial charge on any atom is 0.238 e. The number of aryl methyl sites for hydroxylation is 1. The Bertz CT molecular complexity index is 934. The van der Waals surface area contributed by atoms with Gasteiger partial charge in [-0.05, 0) is 37.5 Å². The molecule has 0 radical (unpaired) electrons. The number of rotatable bonds is 8. The SMILES string of the molecule is CCCCn1c(SCC(=O)NC2CCCCC2)nc2cc(S(N)(=O)=O)ccc21. The van der Waals surface area contributed by atoms with Crippen LogP contribution in [0.2, 0.25) is 0 Å². The Morgan fingerprint density at radius 3 is 2.75 bits per heavy atom. The van der Waals surface area contributed by atoms with E-state index in [0.717, 1.165) is 42.9 Å². The molecule has 1 saturated carbocycles. The highest BCUT2D eigenvalue weighted by atomic mass is 32.2. The number of thioether (sulfide) groups is 1. The third kappa shape index (κ3) is 5.27. The van der Waals surface area contributed by atoms with E-state index in [1.807, 2.05) is 0 Å². The first-order valence-electron chi connectivity index (χ1n) is 9.83. The summed E-state index contributed by atoms with van der Waals surface area (Å²) in [7, 11) is -3.78. The van der Waals surface area contributed by atoms with Crippen LogP contribution >= 0.6 is 11.8 Å². The number of nitrogens with zero attached hydrogens (tertiary/aromatic N) is 2. The van der Waals surface area contributed by atoms with E-state index in [1.54, 1.807) is 6.07 Å². The summed E-state index contributed by atoms with van der Waals surface area (Å²) in [5.41, 5.74) is 1.44. The zero-order chi connectivity index (χ0) is 20.1. The first-order valence-corrected chi connectivity index (χ1v) is 12.4. The molecular weight excluding hydrogens is 396 g/mol. The fourth-order valence-electron chi connectivity index (χ4n) is 3.55. The van der Waals surface area contributed by atoms with Crippen LogP contribution in [0.5, 0.6) is 0 Å². The molecule has 2 aromatic rings. The number of primary sulfonamides is 1. The monoisotopic (exact) mass is 424 g/mol. The van der Waals surface area contributed by atoms with Crippen LogP contribution in [0.15, 0.2) is 28.3 Å². The highest BCUT2D eigenvalue weighted by Crippen LogP contribution is 2.27. The predicted molar refractivity (Wildman–Crippen MR) is 112 cm³/mol. The maximum atomic E-state index is 12.3. The second-order valence-corrected chi connectivity index (χ2v) is 9.79. The average molecular weight is 425 g/mol. The second-order valence-electron chi connectivity index (χ2n) is 7.29. The lowest BCUT2D eigenvalue weighted by atomic mass is 9.95. The van der Waals surface area contributed by atoms with Crippen LogP contribution in [0, 0.1) is 0 Å². The summed E-state index contributed by atoms with van der Waals surface area (Å²) in [6, 6.07) is 5.04. The van der Waals surface area contributed by atoms with Gasteiger partial charge in [-0.25, -0.2) is 18.5 Å². The Balaban J connectivity index is 1.77. The minimum Gasteiger partial charge on any atom is -0.353 e. The van der Waals surface area contributed by atoms with Crippen LogP contribution in [0.4, 0.5) is 0 Å². The van der Waals surface area contributed by atoms with Crippen molar-refractivity contribution in [2.24, 2.45) is 5.14 Å². The number of unbranched alkanes of at least 4 members (excludes halogenated alkanes) is 1. The summed E-state index contributed by atoms with van der Waals surface area (Å²) in [5, 5.41) is 9.09. The van der Waals surface area contributed by atoms with Gasteiger partial charge in [0.05, 0.1) is 21.7 Å². The topological polar surface area (TPSA) is 107 Å². The summed E-state index contributed by atoms with van der Waals surface area (Å²) in [6.45, 7) is 2.89. The number of carbonyl (C=O) groups is 1. The van der Waals surface area contributed by atoms with Gasteiger partial charge in [-0.2, -0.15) is 0 Å². The minimum absolute atomic E-state index is 0.0243. The van der Waals surface area contributed by atoms with Crippen molar-refractivity contribution in [2.45, 2.75) is 74.5 Å². The molecule has 0 aliphatic heterocycles. The first kappa shape index (κ1) is 21.1. The van der Waals surface area contributed by atoms with Gasteiger partial charge in [-0.15, -0.1) is 0 Å². The average Bonchev–Trinajstić information content (AvgIpc) is 3.01. The molecule has 154 valence electrons. The van der Waals surface area contributed by atoms with Crippen LogP contribution in [0.1, 0.15) is 51.9 Å². The van der Waals surface area contributed by atoms with Gasteiger partial charge in [0, 0.05) is 12.6 Å². The van der Waals surface area contributed by atoms with Gasteiger partial charge in [-0.3, -0.25) is 4.79 Å². The van der Waals surface area contributed by atoms with Crippen molar-refractivity contribution in [3.63, 3.8) is 0 Å². The standard InChI is InChI=1S/C19H28N4O3S2/c1-2-3-11-23-17-10-9-15(28(20,25)26)12-16(17)22-19(23)27-13-18(24)21-14-7-5-4-6-8-14/h9-10,12,14H,2-8,11,13H2,1H3,(H,21,24)(H2,20,25,26). The van der Waals surface area contributed by atoms with Gasteiger partial charge in [0.2, 0.25) is 15.9 Å². The molecule has 1 aromatic carbocycles. The number of amides is 1. The molecule has 3 rings (SSSR count). The van der Waals surface area contributed by atoms with Crippen molar-refractivity contribution < 1.29 is 13.2 Å². The number of hydrogen-bond donors (Lipinski definition) is 2. The second kappa shape index (κ2) is 9.28. The molecule has 0 saturated heterocycles. The quantitative estimate of drug-likeness (QED) is 0.634. The van der Waals surface area contributed by atoms with Gasteiger partial charge < -0.3 is 9.88 Å². The van der Waals surface area contributed by atoms with Gasteiger partial charge in [0.15, 0.2) is 5.16 Å². The molecule has 3 N–H and O–H groups in total. The van der Waals surface area contributed by atoms with E-state index in [1.165, 1.54) is 43.2 Å². The molecule has 1 fully saturated rings. The van der Waals surface area contributed by atoms with Crippen molar-refractivity contribution in [2.75, 3.05) is 5.75 Å². The number of carbonyl (C=O) groups excluding carboxylic acids is 1. The fraction of sp³-hybridized carbons (Fsp3) is 0.579. The Kier molecular flexibility index (Phi) is 7.00. The number of benzene rings is 1. The summed E-state index contributed by atoms with van der Waals surface area (Å²) in [5.74, 6) is 0.324. The van der Waals surface area contributed by atoms with Crippen molar-refractivity contribution in [1.82, 2.24) is 14.9 Å². The molecule has 0 unspecified atom stereocenters. The van der Waals surface area contributed by atoms with E-state index in [2.05, 4.69) is 21.8 Å². The lowest BCUT2D eigenvalue weighted by molar-refractivity contribution is -0.119. The maximum absolute atomic E-state index is 12.3. The molecule has 9 heteroatoms. The van der Waals surface area contributed by atoms with Crippen molar-refractivity contribution in [3.8, 4) is 0 Å². The Hall–Kier alpha value is -1.58. The van der Waals surface area contributed by atoms with Crippen LogP contribution in [-0.4, -0.2) is 35.7 Å². The Labute approximate surface area is 170 Å².